The summed E-state index contributed by atoms with van der Waals surface area (Å²) in [5.74, 6) is 0.000509. The molecule has 1 heterocycles. The van der Waals surface area contributed by atoms with Crippen LogP contribution < -0.4 is 4.72 Å². The summed E-state index contributed by atoms with van der Waals surface area (Å²) in [6.45, 7) is 1.96. The van der Waals surface area contributed by atoms with Crippen LogP contribution in [0.1, 0.15) is 18.2 Å². The highest BCUT2D eigenvalue weighted by molar-refractivity contribution is 7.88. The number of hydrogen-bond donors (Lipinski definition) is 1. The Morgan fingerprint density at radius 1 is 1.57 bits per heavy atom. The third-order valence-electron chi connectivity index (χ3n) is 1.98. The van der Waals surface area contributed by atoms with Crippen molar-refractivity contribution in [3.8, 4) is 0 Å². The minimum Gasteiger partial charge on any atom is -0.275 e. The zero-order valence-corrected chi connectivity index (χ0v) is 9.43. The second-order valence-corrected chi connectivity index (χ2v) is 5.02. The maximum absolute atomic E-state index is 11.3. The van der Waals surface area contributed by atoms with Crippen LogP contribution in [0.2, 0.25) is 0 Å². The Bertz CT molecular complexity index is 408. The highest BCUT2D eigenvalue weighted by Gasteiger charge is 2.13. The molecule has 0 unspecified atom stereocenters. The lowest BCUT2D eigenvalue weighted by Crippen LogP contribution is -2.20. The molecule has 0 saturated heterocycles. The first-order valence-electron chi connectivity index (χ1n) is 4.41. The van der Waals surface area contributed by atoms with Crippen molar-refractivity contribution < 1.29 is 8.42 Å². The van der Waals surface area contributed by atoms with Crippen LogP contribution in [-0.4, -0.2) is 25.2 Å². The fourth-order valence-electron chi connectivity index (χ4n) is 1.28. The maximum atomic E-state index is 11.3. The largest absolute Gasteiger partial charge is 0.275 e. The van der Waals surface area contributed by atoms with Gasteiger partial charge in [0, 0.05) is 18.8 Å². The quantitative estimate of drug-likeness (QED) is 0.774. The van der Waals surface area contributed by atoms with E-state index in [4.69, 9.17) is 0 Å². The highest BCUT2D eigenvalue weighted by Crippen LogP contribution is 2.10. The van der Waals surface area contributed by atoms with Gasteiger partial charge >= 0.3 is 0 Å². The summed E-state index contributed by atoms with van der Waals surface area (Å²) in [6, 6.07) is 0. The van der Waals surface area contributed by atoms with Crippen LogP contribution >= 0.6 is 0 Å². The first-order valence-corrected chi connectivity index (χ1v) is 6.06. The molecule has 6 heteroatoms. The molecule has 0 spiro atoms. The zero-order chi connectivity index (χ0) is 10.8. The van der Waals surface area contributed by atoms with Crippen molar-refractivity contribution in [2.24, 2.45) is 7.05 Å². The van der Waals surface area contributed by atoms with Gasteiger partial charge in [-0.15, -0.1) is 0 Å². The van der Waals surface area contributed by atoms with E-state index in [1.54, 1.807) is 17.9 Å². The Labute approximate surface area is 84.2 Å². The molecule has 1 N–H and O–H groups in total. The second kappa shape index (κ2) is 4.10. The molecule has 0 amide bonds. The predicted molar refractivity (Wildman–Crippen MR) is 54.3 cm³/mol. The van der Waals surface area contributed by atoms with E-state index in [0.717, 1.165) is 17.7 Å². The number of nitrogens with zero attached hydrogens (tertiary/aromatic N) is 2. The summed E-state index contributed by atoms with van der Waals surface area (Å²) in [4.78, 5) is 0. The van der Waals surface area contributed by atoms with Crippen LogP contribution in [0.25, 0.3) is 0 Å². The average Bonchev–Trinajstić information content (AvgIpc) is 2.45. The van der Waals surface area contributed by atoms with Crippen molar-refractivity contribution in [1.82, 2.24) is 14.5 Å². The van der Waals surface area contributed by atoms with Gasteiger partial charge in [-0.05, 0) is 13.5 Å². The summed E-state index contributed by atoms with van der Waals surface area (Å²) in [6.07, 6.45) is 2.49. The molecule has 0 aliphatic heterocycles. The Balaban J connectivity index is 2.96. The first-order chi connectivity index (χ1) is 6.48. The van der Waals surface area contributed by atoms with Crippen molar-refractivity contribution in [3.63, 3.8) is 0 Å². The third kappa shape index (κ3) is 2.55. The molecule has 80 valence electrons. The molecular formula is C8H15N3O2S. The van der Waals surface area contributed by atoms with Crippen molar-refractivity contribution in [2.45, 2.75) is 19.1 Å². The number of aromatic nitrogens is 2. The molecule has 0 saturated carbocycles. The average molecular weight is 217 g/mol. The van der Waals surface area contributed by atoms with Crippen LogP contribution in [0.5, 0.6) is 0 Å². The van der Waals surface area contributed by atoms with E-state index in [1.807, 2.05) is 6.92 Å². The Morgan fingerprint density at radius 2 is 2.21 bits per heavy atom. The summed E-state index contributed by atoms with van der Waals surface area (Å²) in [5.41, 5.74) is 1.61. The van der Waals surface area contributed by atoms with Crippen molar-refractivity contribution in [3.05, 3.63) is 17.5 Å². The number of rotatable bonds is 4. The number of sulfonamides is 1. The predicted octanol–water partition coefficient (Wildman–Crippen LogP) is 0.0317. The van der Waals surface area contributed by atoms with Crippen molar-refractivity contribution in [1.29, 1.82) is 0 Å². The van der Waals surface area contributed by atoms with Crippen LogP contribution in [0.3, 0.4) is 0 Å². The van der Waals surface area contributed by atoms with Gasteiger partial charge in [0.05, 0.1) is 11.4 Å². The van der Waals surface area contributed by atoms with Gasteiger partial charge in [-0.1, -0.05) is 6.92 Å². The summed E-state index contributed by atoms with van der Waals surface area (Å²) < 4.78 is 26.5. The SMILES string of the molecule is CCc1nn(C)cc1CS(=O)(=O)NC. The van der Waals surface area contributed by atoms with E-state index < -0.39 is 10.0 Å². The fourth-order valence-corrected chi connectivity index (χ4v) is 2.07. The molecule has 1 aromatic heterocycles. The van der Waals surface area contributed by atoms with Crippen LogP contribution in [-0.2, 0) is 29.2 Å². The lowest BCUT2D eigenvalue weighted by Gasteiger charge is -2.00. The van der Waals surface area contributed by atoms with Crippen LogP contribution in [0, 0.1) is 0 Å². The fraction of sp³-hybridized carbons (Fsp3) is 0.625. The first kappa shape index (κ1) is 11.2. The molecule has 0 radical (unpaired) electrons. The van der Waals surface area contributed by atoms with E-state index in [2.05, 4.69) is 9.82 Å². The van der Waals surface area contributed by atoms with E-state index in [0.29, 0.717) is 0 Å². The molecule has 0 aliphatic rings. The van der Waals surface area contributed by atoms with Crippen molar-refractivity contribution in [2.75, 3.05) is 7.05 Å². The molecule has 0 aliphatic carbocycles. The van der Waals surface area contributed by atoms with Gasteiger partial charge in [-0.2, -0.15) is 5.10 Å². The number of aryl methyl sites for hydroxylation is 2. The summed E-state index contributed by atoms with van der Waals surface area (Å²) >= 11 is 0. The monoisotopic (exact) mass is 217 g/mol. The zero-order valence-electron chi connectivity index (χ0n) is 8.61. The molecule has 0 bridgehead atoms. The molecule has 1 aromatic rings. The molecule has 0 atom stereocenters. The van der Waals surface area contributed by atoms with E-state index in [1.165, 1.54) is 7.05 Å². The second-order valence-electron chi connectivity index (χ2n) is 3.09. The van der Waals surface area contributed by atoms with E-state index >= 15 is 0 Å². The minimum absolute atomic E-state index is 0.000509. The summed E-state index contributed by atoms with van der Waals surface area (Å²) in [7, 11) is 0.00523. The van der Waals surface area contributed by atoms with Gasteiger partial charge in [0.25, 0.3) is 0 Å². The Hall–Kier alpha value is -0.880. The minimum atomic E-state index is -3.20. The topological polar surface area (TPSA) is 64.0 Å². The van der Waals surface area contributed by atoms with Gasteiger partial charge in [0.15, 0.2) is 0 Å². The lowest BCUT2D eigenvalue weighted by atomic mass is 10.2. The molecular weight excluding hydrogens is 202 g/mol. The summed E-state index contributed by atoms with van der Waals surface area (Å²) in [5, 5.41) is 4.17. The molecule has 0 aromatic carbocycles. The van der Waals surface area contributed by atoms with Gasteiger partial charge in [-0.25, -0.2) is 13.1 Å². The highest BCUT2D eigenvalue weighted by atomic mass is 32.2. The Morgan fingerprint density at radius 3 is 2.71 bits per heavy atom. The smallest absolute Gasteiger partial charge is 0.215 e. The Kier molecular flexibility index (Phi) is 3.28. The van der Waals surface area contributed by atoms with Gasteiger partial charge < -0.3 is 0 Å². The van der Waals surface area contributed by atoms with Gasteiger partial charge in [-0.3, -0.25) is 4.68 Å². The molecule has 0 fully saturated rings. The number of nitrogens with one attached hydrogen (secondary N) is 1. The van der Waals surface area contributed by atoms with E-state index in [9.17, 15) is 8.42 Å². The van der Waals surface area contributed by atoms with Crippen LogP contribution in [0.15, 0.2) is 6.20 Å². The number of hydrogen-bond acceptors (Lipinski definition) is 3. The maximum Gasteiger partial charge on any atom is 0.215 e. The standard InChI is InChI=1S/C8H15N3O2S/c1-4-8-7(5-11(3)10-8)6-14(12,13)9-2/h5,9H,4,6H2,1-3H3. The van der Waals surface area contributed by atoms with E-state index in [-0.39, 0.29) is 5.75 Å². The van der Waals surface area contributed by atoms with Crippen molar-refractivity contribution >= 4 is 10.0 Å². The lowest BCUT2D eigenvalue weighted by molar-refractivity contribution is 0.587. The van der Waals surface area contributed by atoms with Gasteiger partial charge in [0.1, 0.15) is 0 Å². The third-order valence-corrected chi connectivity index (χ3v) is 3.30. The molecule has 1 rings (SSSR count). The molecule has 14 heavy (non-hydrogen) atoms. The molecule has 5 nitrogen and oxygen atoms in total. The van der Waals surface area contributed by atoms with Gasteiger partial charge in [0.2, 0.25) is 10.0 Å². The van der Waals surface area contributed by atoms with Crippen LogP contribution in [0.4, 0.5) is 0 Å². The normalized spacial score (nSPS) is 11.9.